The van der Waals surface area contributed by atoms with E-state index in [1.807, 2.05) is 19.2 Å². The van der Waals surface area contributed by atoms with Crippen LogP contribution >= 0.6 is 11.8 Å². The first-order valence-corrected chi connectivity index (χ1v) is 17.5. The molecule has 1 N–H and O–H groups in total. The van der Waals surface area contributed by atoms with Crippen molar-refractivity contribution in [3.05, 3.63) is 29.3 Å². The van der Waals surface area contributed by atoms with E-state index in [1.165, 1.54) is 88.0 Å². The number of alkyl halides is 5. The van der Waals surface area contributed by atoms with Gasteiger partial charge in [-0.2, -0.15) is 33.7 Å². The van der Waals surface area contributed by atoms with E-state index in [0.717, 1.165) is 48.4 Å². The lowest BCUT2D eigenvalue weighted by molar-refractivity contribution is -0.284. The van der Waals surface area contributed by atoms with Gasteiger partial charge in [-0.1, -0.05) is 32.8 Å². The highest BCUT2D eigenvalue weighted by molar-refractivity contribution is 7.99. The quantitative estimate of drug-likeness (QED) is 0.186. The van der Waals surface area contributed by atoms with Crippen LogP contribution < -0.4 is 0 Å². The average Bonchev–Trinajstić information content (AvgIpc) is 3.67. The van der Waals surface area contributed by atoms with Gasteiger partial charge in [0.25, 0.3) is 0 Å². The summed E-state index contributed by atoms with van der Waals surface area (Å²) >= 11 is 1.45. The van der Waals surface area contributed by atoms with Gasteiger partial charge in [-0.05, 0) is 154 Å². The number of rotatable bonds is 12. The first-order chi connectivity index (χ1) is 19.8. The third-order valence-electron chi connectivity index (χ3n) is 11.3. The zero-order chi connectivity index (χ0) is 30.6. The number of hydrogen-bond donors (Lipinski definition) is 1. The molecule has 3 saturated carbocycles. The predicted octanol–water partition coefficient (Wildman–Crippen LogP) is 10.2. The van der Waals surface area contributed by atoms with Gasteiger partial charge in [0.2, 0.25) is 0 Å². The van der Waals surface area contributed by atoms with E-state index < -0.39 is 18.5 Å². The van der Waals surface area contributed by atoms with Gasteiger partial charge in [0.05, 0.1) is 0 Å². The van der Waals surface area contributed by atoms with E-state index in [-0.39, 0.29) is 6.42 Å². The first kappa shape index (κ1) is 33.9. The second-order valence-corrected chi connectivity index (χ2v) is 15.1. The molecule has 1 aromatic rings. The highest BCUT2D eigenvalue weighted by Crippen LogP contribution is 2.75. The average molecular weight is 618 g/mol. The molecule has 0 saturated heterocycles. The topological polar surface area (TPSA) is 23.5 Å². The van der Waals surface area contributed by atoms with Crippen molar-refractivity contribution >= 4 is 11.8 Å². The molecule has 0 amide bonds. The Morgan fingerprint density at radius 1 is 0.929 bits per heavy atom. The molecule has 8 heteroatoms. The van der Waals surface area contributed by atoms with Crippen LogP contribution in [-0.4, -0.2) is 53.7 Å². The van der Waals surface area contributed by atoms with Gasteiger partial charge < -0.3 is 10.0 Å². The second-order valence-electron chi connectivity index (χ2n) is 13.9. The molecule has 0 aromatic heterocycles. The third-order valence-corrected chi connectivity index (χ3v) is 12.4. The summed E-state index contributed by atoms with van der Waals surface area (Å²) in [5.74, 6) is -0.276. The van der Waals surface area contributed by atoms with Crippen molar-refractivity contribution in [3.8, 4) is 5.75 Å². The third kappa shape index (κ3) is 7.61. The minimum absolute atomic E-state index is 0.108. The van der Waals surface area contributed by atoms with Gasteiger partial charge in [0, 0.05) is 6.42 Å². The lowest BCUT2D eigenvalue weighted by atomic mass is 9.53. The largest absolute Gasteiger partial charge is 0.508 e. The Labute approximate surface area is 254 Å². The maximum Gasteiger partial charge on any atom is 0.453 e. The van der Waals surface area contributed by atoms with E-state index in [4.69, 9.17) is 0 Å². The Morgan fingerprint density at radius 3 is 2.33 bits per heavy atom. The summed E-state index contributed by atoms with van der Waals surface area (Å²) in [6, 6.07) is 6.16. The summed E-state index contributed by atoms with van der Waals surface area (Å²) in [5, 5.41) is 9.75. The molecule has 4 aliphatic rings. The molecule has 4 unspecified atom stereocenters. The minimum Gasteiger partial charge on any atom is -0.508 e. The van der Waals surface area contributed by atoms with Crippen molar-refractivity contribution < 1.29 is 27.1 Å². The number of hydrogen-bond acceptors (Lipinski definition) is 3. The summed E-state index contributed by atoms with van der Waals surface area (Å²) in [5.41, 5.74) is 4.42. The molecule has 1 aromatic carbocycles. The standard InChI is InChI=1S/C20H26O.C14H26F5NS/c1-19-8-6-16-15-5-3-14(21)12-13(15)2-4-17(16)18(19)7-9-20(19)10-11-20;1-3-4-5-9-20(2)10-7-12-21-11-6-8-13(15,16)14(17,18)19/h3,5,12,16-18,21H,2,4,6-11H2,1H3;3-12H2,1-2H3. The van der Waals surface area contributed by atoms with Gasteiger partial charge in [-0.25, -0.2) is 0 Å². The summed E-state index contributed by atoms with van der Waals surface area (Å²) in [7, 11) is 2.05. The summed E-state index contributed by atoms with van der Waals surface area (Å²) in [6.45, 7) is 6.78. The number of nitrogens with zero attached hydrogens (tertiary/aromatic N) is 1. The van der Waals surface area contributed by atoms with Crippen LogP contribution in [0.25, 0.3) is 0 Å². The smallest absolute Gasteiger partial charge is 0.453 e. The summed E-state index contributed by atoms with van der Waals surface area (Å²) in [4.78, 5) is 2.23. The Kier molecular flexibility index (Phi) is 11.3. The molecule has 0 aliphatic heterocycles. The number of aryl methyl sites for hydroxylation is 1. The van der Waals surface area contributed by atoms with Crippen LogP contribution in [0.1, 0.15) is 114 Å². The van der Waals surface area contributed by atoms with Gasteiger partial charge in [-0.3, -0.25) is 0 Å². The van der Waals surface area contributed by atoms with Crippen LogP contribution in [0.5, 0.6) is 5.75 Å². The molecular formula is C34H52F5NOS. The molecular weight excluding hydrogens is 565 g/mol. The van der Waals surface area contributed by atoms with Crippen molar-refractivity contribution in [2.45, 2.75) is 122 Å². The maximum absolute atomic E-state index is 12.6. The molecule has 3 fully saturated rings. The van der Waals surface area contributed by atoms with Gasteiger partial charge in [0.15, 0.2) is 0 Å². The zero-order valence-corrected chi connectivity index (χ0v) is 26.7. The molecule has 4 aliphatic carbocycles. The Morgan fingerprint density at radius 2 is 1.64 bits per heavy atom. The fraction of sp³-hybridized carbons (Fsp3) is 0.824. The molecule has 0 radical (unpaired) electrons. The molecule has 1 spiro atoms. The fourth-order valence-electron chi connectivity index (χ4n) is 8.59. The van der Waals surface area contributed by atoms with Crippen LogP contribution in [0.15, 0.2) is 18.2 Å². The molecule has 2 nitrogen and oxygen atoms in total. The van der Waals surface area contributed by atoms with E-state index in [2.05, 4.69) is 24.8 Å². The number of benzene rings is 1. The molecule has 42 heavy (non-hydrogen) atoms. The Balaban J connectivity index is 0.000000193. The number of halogens is 5. The van der Waals surface area contributed by atoms with E-state index in [0.29, 0.717) is 16.9 Å². The number of fused-ring (bicyclic) bond motifs is 6. The zero-order valence-electron chi connectivity index (χ0n) is 25.9. The van der Waals surface area contributed by atoms with Crippen LogP contribution in [0.4, 0.5) is 22.0 Å². The number of thioether (sulfide) groups is 1. The normalized spacial score (nSPS) is 27.7. The Hall–Kier alpha value is -1.02. The van der Waals surface area contributed by atoms with Crippen LogP contribution in [0.3, 0.4) is 0 Å². The van der Waals surface area contributed by atoms with Gasteiger partial charge >= 0.3 is 12.1 Å². The fourth-order valence-corrected chi connectivity index (χ4v) is 9.48. The highest BCUT2D eigenvalue weighted by Gasteiger charge is 2.66. The van der Waals surface area contributed by atoms with E-state index in [9.17, 15) is 27.1 Å². The SMILES string of the molecule is CC12CCC3c4ccc(O)cc4CCC3C1CCC21CC1.CCCCCN(C)CCCSCCCC(F)(F)C(F)(F)F. The van der Waals surface area contributed by atoms with Crippen molar-refractivity contribution in [2.24, 2.45) is 22.7 Å². The summed E-state index contributed by atoms with van der Waals surface area (Å²) in [6.07, 6.45) is 9.28. The number of aromatic hydroxyl groups is 1. The van der Waals surface area contributed by atoms with Crippen molar-refractivity contribution in [1.29, 1.82) is 0 Å². The van der Waals surface area contributed by atoms with Crippen LogP contribution in [0.2, 0.25) is 0 Å². The van der Waals surface area contributed by atoms with Crippen molar-refractivity contribution in [3.63, 3.8) is 0 Å². The van der Waals surface area contributed by atoms with E-state index >= 15 is 0 Å². The first-order valence-electron chi connectivity index (χ1n) is 16.4. The van der Waals surface area contributed by atoms with Gasteiger partial charge in [-0.15, -0.1) is 0 Å². The lowest BCUT2D eigenvalue weighted by Crippen LogP contribution is -2.42. The van der Waals surface area contributed by atoms with Crippen LogP contribution in [-0.2, 0) is 6.42 Å². The minimum atomic E-state index is -5.42. The number of phenols is 1. The Bertz CT molecular complexity index is 1010. The number of unbranched alkanes of at least 4 members (excludes halogenated alkanes) is 2. The molecule has 4 atom stereocenters. The molecule has 5 rings (SSSR count). The second kappa shape index (κ2) is 14.0. The van der Waals surface area contributed by atoms with Crippen LogP contribution in [0, 0.1) is 22.7 Å². The monoisotopic (exact) mass is 617 g/mol. The maximum atomic E-state index is 12.6. The van der Waals surface area contributed by atoms with E-state index in [1.54, 1.807) is 5.56 Å². The lowest BCUT2D eigenvalue weighted by Gasteiger charge is -2.51. The number of phenolic OH excluding ortho intramolecular Hbond substituents is 1. The molecule has 240 valence electrons. The van der Waals surface area contributed by atoms with Gasteiger partial charge in [0.1, 0.15) is 5.75 Å². The summed E-state index contributed by atoms with van der Waals surface area (Å²) < 4.78 is 61.0. The van der Waals surface area contributed by atoms with Crippen molar-refractivity contribution in [1.82, 2.24) is 4.90 Å². The molecule has 0 heterocycles. The van der Waals surface area contributed by atoms with Crippen molar-refractivity contribution in [2.75, 3.05) is 31.6 Å². The molecule has 0 bridgehead atoms. The highest BCUT2D eigenvalue weighted by atomic mass is 32.2. The predicted molar refractivity (Wildman–Crippen MR) is 164 cm³/mol.